The highest BCUT2D eigenvalue weighted by Crippen LogP contribution is 2.54. The van der Waals surface area contributed by atoms with Gasteiger partial charge in [-0.25, -0.2) is 0 Å². The third kappa shape index (κ3) is 4.49. The number of hydrogen-bond acceptors (Lipinski definition) is 2. The van der Waals surface area contributed by atoms with Gasteiger partial charge in [0.05, 0.1) is 16.7 Å². The summed E-state index contributed by atoms with van der Waals surface area (Å²) in [5.74, 6) is 0.638. The zero-order valence-electron chi connectivity index (χ0n) is 31.2. The smallest absolute Gasteiger partial charge is 0.0857 e. The summed E-state index contributed by atoms with van der Waals surface area (Å²) in [6.07, 6.45) is 3.04. The lowest BCUT2D eigenvalue weighted by molar-refractivity contribution is 0.736. The van der Waals surface area contributed by atoms with Gasteiger partial charge in [0.25, 0.3) is 0 Å². The maximum absolute atomic E-state index is 5.47. The molecule has 1 aliphatic heterocycles. The summed E-state index contributed by atoms with van der Waals surface area (Å²) in [5, 5.41) is 6.40. The van der Waals surface area contributed by atoms with Crippen LogP contribution in [0, 0.1) is 0 Å². The van der Waals surface area contributed by atoms with E-state index in [1.165, 1.54) is 103 Å². The normalized spacial score (nSPS) is 16.7. The van der Waals surface area contributed by atoms with Gasteiger partial charge in [-0.3, -0.25) is 4.99 Å². The molecule has 0 spiro atoms. The summed E-state index contributed by atoms with van der Waals surface area (Å²) >= 11 is 1.90. The van der Waals surface area contributed by atoms with E-state index in [0.29, 0.717) is 5.92 Å². The van der Waals surface area contributed by atoms with Crippen molar-refractivity contribution in [1.82, 2.24) is 4.57 Å². The lowest BCUT2D eigenvalue weighted by Crippen LogP contribution is -2.13. The van der Waals surface area contributed by atoms with Gasteiger partial charge in [0, 0.05) is 66.3 Å². The maximum atomic E-state index is 5.47. The van der Waals surface area contributed by atoms with Crippen molar-refractivity contribution in [2.75, 3.05) is 0 Å². The third-order valence-electron chi connectivity index (χ3n) is 13.2. The largest absolute Gasteiger partial charge is 0.308 e. The molecule has 0 amide bonds. The van der Waals surface area contributed by atoms with Crippen LogP contribution < -0.4 is 0 Å². The van der Waals surface area contributed by atoms with Gasteiger partial charge in [0.1, 0.15) is 0 Å². The first-order chi connectivity index (χ1) is 28.3. The first kappa shape index (κ1) is 31.6. The van der Waals surface area contributed by atoms with Gasteiger partial charge in [-0.2, -0.15) is 0 Å². The van der Waals surface area contributed by atoms with Crippen LogP contribution in [0.4, 0.5) is 5.69 Å². The Kier molecular flexibility index (Phi) is 6.65. The SMILES string of the molecule is c1ccc(C2CC(c3ccc(-n4c5c6c7c(cc5c5ccc8ccccc8c54)-c4ccccc4C(CC7)c4ccccc4-6)cc3)=Nc3c2sc2ccccc32)cc1. The van der Waals surface area contributed by atoms with Crippen LogP contribution in [0.2, 0.25) is 0 Å². The molecule has 0 fully saturated rings. The summed E-state index contributed by atoms with van der Waals surface area (Å²) in [5.41, 5.74) is 18.6. The fraction of sp³-hybridized carbons (Fsp3) is 0.0926. The number of benzene rings is 8. The van der Waals surface area contributed by atoms with Crippen molar-refractivity contribution in [2.45, 2.75) is 31.1 Å². The van der Waals surface area contributed by atoms with E-state index >= 15 is 0 Å². The standard InChI is InChI=1S/C54H36N2S/c1-2-12-32(13-3-1)45-31-48(55-51-44-20-10-11-21-49(44)57-54(45)51)34-22-25-35(26-23-34)56-52-36-15-5-4-14-33(36)24-27-43(52)47-30-46-39-18-7-6-16-37(39)40-28-29-42(46)50(53(47)56)41-19-9-8-17-38(40)41/h1-27,30,40,45H,28-29,31H2. The summed E-state index contributed by atoms with van der Waals surface area (Å²) < 4.78 is 3.91. The summed E-state index contributed by atoms with van der Waals surface area (Å²) in [7, 11) is 0. The fourth-order valence-corrected chi connectivity index (χ4v) is 11.9. The molecule has 0 radical (unpaired) electrons. The Morgan fingerprint density at radius 1 is 0.544 bits per heavy atom. The topological polar surface area (TPSA) is 17.3 Å². The predicted octanol–water partition coefficient (Wildman–Crippen LogP) is 14.5. The van der Waals surface area contributed by atoms with Crippen LogP contribution in [0.1, 0.15) is 57.4 Å². The van der Waals surface area contributed by atoms with Gasteiger partial charge in [-0.1, -0.05) is 146 Å². The van der Waals surface area contributed by atoms with Crippen molar-refractivity contribution in [1.29, 1.82) is 0 Å². The molecule has 2 aromatic heterocycles. The molecule has 2 aliphatic carbocycles. The average Bonchev–Trinajstić information content (AvgIpc) is 3.70. The molecule has 2 nitrogen and oxygen atoms in total. The van der Waals surface area contributed by atoms with Crippen LogP contribution in [0.15, 0.2) is 175 Å². The van der Waals surface area contributed by atoms with Crippen molar-refractivity contribution < 1.29 is 0 Å². The maximum Gasteiger partial charge on any atom is 0.0857 e. The second-order valence-corrected chi connectivity index (χ2v) is 17.1. The number of aliphatic imine (C=N–C) groups is 1. The van der Waals surface area contributed by atoms with Crippen molar-refractivity contribution >= 4 is 65.4 Å². The number of nitrogens with zero attached hydrogens (tertiary/aromatic N) is 2. The number of thiophene rings is 1. The lowest BCUT2D eigenvalue weighted by Gasteiger charge is -2.25. The Morgan fingerprint density at radius 3 is 2.12 bits per heavy atom. The molecule has 268 valence electrons. The number of aromatic nitrogens is 1. The minimum absolute atomic E-state index is 0.270. The number of rotatable bonds is 3. The van der Waals surface area contributed by atoms with E-state index in [0.717, 1.165) is 30.7 Å². The molecule has 57 heavy (non-hydrogen) atoms. The first-order valence-electron chi connectivity index (χ1n) is 20.2. The Hall–Kier alpha value is -6.55. The summed E-state index contributed by atoms with van der Waals surface area (Å²) in [6.45, 7) is 0. The van der Waals surface area contributed by atoms with E-state index in [1.807, 2.05) is 11.3 Å². The van der Waals surface area contributed by atoms with Gasteiger partial charge in [0.15, 0.2) is 0 Å². The highest BCUT2D eigenvalue weighted by atomic mass is 32.1. The minimum atomic E-state index is 0.270. The second-order valence-electron chi connectivity index (χ2n) is 16.0. The Bertz CT molecular complexity index is 3330. The predicted molar refractivity (Wildman–Crippen MR) is 240 cm³/mol. The molecule has 13 rings (SSSR count). The van der Waals surface area contributed by atoms with Gasteiger partial charge >= 0.3 is 0 Å². The Morgan fingerprint density at radius 2 is 1.26 bits per heavy atom. The zero-order chi connectivity index (χ0) is 37.2. The Labute approximate surface area is 335 Å². The van der Waals surface area contributed by atoms with Crippen LogP contribution in [0.3, 0.4) is 0 Å². The number of fused-ring (bicyclic) bond motifs is 17. The van der Waals surface area contributed by atoms with E-state index in [2.05, 4.69) is 174 Å². The molecule has 8 aromatic carbocycles. The Balaban J connectivity index is 1.07. The highest BCUT2D eigenvalue weighted by Gasteiger charge is 2.34. The third-order valence-corrected chi connectivity index (χ3v) is 14.5. The van der Waals surface area contributed by atoms with Crippen molar-refractivity contribution in [3.05, 3.63) is 203 Å². The van der Waals surface area contributed by atoms with E-state index in [9.17, 15) is 0 Å². The van der Waals surface area contributed by atoms with E-state index in [1.54, 1.807) is 0 Å². The number of hydrogen-bond donors (Lipinski definition) is 0. The molecule has 2 unspecified atom stereocenters. The highest BCUT2D eigenvalue weighted by molar-refractivity contribution is 7.20. The molecule has 2 bridgehead atoms. The molecule has 3 heterocycles. The van der Waals surface area contributed by atoms with E-state index in [4.69, 9.17) is 4.99 Å². The quantitative estimate of drug-likeness (QED) is 0.171. The zero-order valence-corrected chi connectivity index (χ0v) is 32.1. The molecule has 3 aliphatic rings. The molecule has 10 aromatic rings. The first-order valence-corrected chi connectivity index (χ1v) is 21.1. The molecular weight excluding hydrogens is 709 g/mol. The second kappa shape index (κ2) is 12.0. The van der Waals surface area contributed by atoms with Crippen molar-refractivity contribution in [3.63, 3.8) is 0 Å². The van der Waals surface area contributed by atoms with E-state index < -0.39 is 0 Å². The molecule has 3 heteroatoms. The van der Waals surface area contributed by atoms with Crippen LogP contribution in [-0.4, -0.2) is 10.3 Å². The summed E-state index contributed by atoms with van der Waals surface area (Å²) in [6, 6.07) is 63.7. The molecule has 0 N–H and O–H groups in total. The fourth-order valence-electron chi connectivity index (χ4n) is 10.7. The summed E-state index contributed by atoms with van der Waals surface area (Å²) in [4.78, 5) is 6.84. The molecule has 0 saturated heterocycles. The van der Waals surface area contributed by atoms with Crippen molar-refractivity contribution in [2.24, 2.45) is 4.99 Å². The van der Waals surface area contributed by atoms with Gasteiger partial charge in [-0.15, -0.1) is 11.3 Å². The van der Waals surface area contributed by atoms with Crippen molar-refractivity contribution in [3.8, 4) is 27.9 Å². The van der Waals surface area contributed by atoms with E-state index in [-0.39, 0.29) is 5.92 Å². The van der Waals surface area contributed by atoms with Crippen LogP contribution in [-0.2, 0) is 6.42 Å². The molecular formula is C54H36N2S. The molecule has 0 saturated carbocycles. The van der Waals surface area contributed by atoms with Gasteiger partial charge < -0.3 is 4.57 Å². The van der Waals surface area contributed by atoms with Crippen LogP contribution in [0.25, 0.3) is 70.6 Å². The van der Waals surface area contributed by atoms with Crippen LogP contribution in [0.5, 0.6) is 0 Å². The average molecular weight is 745 g/mol. The van der Waals surface area contributed by atoms with Gasteiger partial charge in [-0.05, 0) is 87.0 Å². The minimum Gasteiger partial charge on any atom is -0.308 e. The van der Waals surface area contributed by atoms with Crippen LogP contribution >= 0.6 is 11.3 Å². The lowest BCUT2D eigenvalue weighted by atomic mass is 9.80. The monoisotopic (exact) mass is 744 g/mol. The van der Waals surface area contributed by atoms with Gasteiger partial charge in [0.2, 0.25) is 0 Å². The molecule has 2 atom stereocenters.